The first-order valence-corrected chi connectivity index (χ1v) is 5.93. The van der Waals surface area contributed by atoms with Crippen LogP contribution in [0.5, 0.6) is 0 Å². The van der Waals surface area contributed by atoms with Gasteiger partial charge < -0.3 is 11.1 Å². The molecule has 0 aliphatic heterocycles. The van der Waals surface area contributed by atoms with Gasteiger partial charge in [-0.05, 0) is 25.2 Å². The molecule has 1 atom stereocenters. The quantitative estimate of drug-likeness (QED) is 0.547. The van der Waals surface area contributed by atoms with Gasteiger partial charge in [0.1, 0.15) is 0 Å². The summed E-state index contributed by atoms with van der Waals surface area (Å²) in [4.78, 5) is 0. The Morgan fingerprint density at radius 1 is 1.33 bits per heavy atom. The number of hydrogen-bond donors (Lipinski definition) is 2. The van der Waals surface area contributed by atoms with E-state index in [9.17, 15) is 0 Å². The van der Waals surface area contributed by atoms with Crippen molar-refractivity contribution in [2.45, 2.75) is 52.0 Å². The molecule has 2 nitrogen and oxygen atoms in total. The minimum Gasteiger partial charge on any atom is -0.329 e. The van der Waals surface area contributed by atoms with Crippen molar-refractivity contribution >= 4 is 0 Å². The summed E-state index contributed by atoms with van der Waals surface area (Å²) >= 11 is 0. The number of hydrogen-bond acceptors (Lipinski definition) is 2. The SMILES string of the molecule is CC#CCCNC1(CN)CCCC1(C)C. The van der Waals surface area contributed by atoms with Crippen molar-refractivity contribution in [2.75, 3.05) is 13.1 Å². The Balaban J connectivity index is 2.55. The average molecular weight is 208 g/mol. The predicted octanol–water partition coefficient (Wildman–Crippen LogP) is 1.90. The maximum atomic E-state index is 5.96. The van der Waals surface area contributed by atoms with Gasteiger partial charge in [-0.1, -0.05) is 20.3 Å². The van der Waals surface area contributed by atoms with Gasteiger partial charge in [-0.15, -0.1) is 11.8 Å². The van der Waals surface area contributed by atoms with E-state index in [1.165, 1.54) is 19.3 Å². The topological polar surface area (TPSA) is 38.0 Å². The lowest BCUT2D eigenvalue weighted by molar-refractivity contribution is 0.165. The van der Waals surface area contributed by atoms with Gasteiger partial charge in [0.25, 0.3) is 0 Å². The molecule has 1 saturated carbocycles. The highest BCUT2D eigenvalue weighted by Crippen LogP contribution is 2.45. The fourth-order valence-electron chi connectivity index (χ4n) is 2.68. The Kier molecular flexibility index (Phi) is 4.19. The van der Waals surface area contributed by atoms with Crippen LogP contribution in [0, 0.1) is 17.3 Å². The van der Waals surface area contributed by atoms with Crippen molar-refractivity contribution in [3.8, 4) is 11.8 Å². The van der Waals surface area contributed by atoms with Crippen LogP contribution in [0.15, 0.2) is 0 Å². The molecule has 0 aromatic rings. The third-order valence-corrected chi connectivity index (χ3v) is 3.94. The van der Waals surface area contributed by atoms with Gasteiger partial charge >= 0.3 is 0 Å². The number of nitrogens with one attached hydrogen (secondary N) is 1. The maximum Gasteiger partial charge on any atom is 0.0355 e. The molecule has 0 saturated heterocycles. The monoisotopic (exact) mass is 208 g/mol. The second-order valence-electron chi connectivity index (χ2n) is 5.13. The van der Waals surface area contributed by atoms with Crippen LogP contribution in [0.4, 0.5) is 0 Å². The van der Waals surface area contributed by atoms with Crippen molar-refractivity contribution in [3.63, 3.8) is 0 Å². The van der Waals surface area contributed by atoms with Crippen LogP contribution in [-0.2, 0) is 0 Å². The standard InChI is InChI=1S/C13H24N2/c1-4-5-6-10-15-13(11-14)9-7-8-12(13,2)3/h15H,6-11,14H2,1-3H3. The van der Waals surface area contributed by atoms with Gasteiger partial charge in [-0.2, -0.15) is 0 Å². The van der Waals surface area contributed by atoms with Gasteiger partial charge in [-0.3, -0.25) is 0 Å². The summed E-state index contributed by atoms with van der Waals surface area (Å²) < 4.78 is 0. The highest BCUT2D eigenvalue weighted by atomic mass is 15.0. The third kappa shape index (κ3) is 2.53. The molecular formula is C13H24N2. The van der Waals surface area contributed by atoms with Crippen molar-refractivity contribution in [2.24, 2.45) is 11.1 Å². The maximum absolute atomic E-state index is 5.96. The molecule has 0 spiro atoms. The Morgan fingerprint density at radius 2 is 2.07 bits per heavy atom. The number of nitrogens with two attached hydrogens (primary N) is 1. The Hall–Kier alpha value is -0.520. The van der Waals surface area contributed by atoms with E-state index in [-0.39, 0.29) is 5.54 Å². The molecule has 1 unspecified atom stereocenters. The highest BCUT2D eigenvalue weighted by molar-refractivity contribution is 5.06. The molecule has 86 valence electrons. The third-order valence-electron chi connectivity index (χ3n) is 3.94. The highest BCUT2D eigenvalue weighted by Gasteiger charge is 2.47. The summed E-state index contributed by atoms with van der Waals surface area (Å²) in [5.74, 6) is 6.01. The van der Waals surface area contributed by atoms with Crippen LogP contribution < -0.4 is 11.1 Å². The van der Waals surface area contributed by atoms with Gasteiger partial charge in [0, 0.05) is 25.0 Å². The van der Waals surface area contributed by atoms with E-state index < -0.39 is 0 Å². The van der Waals surface area contributed by atoms with E-state index in [4.69, 9.17) is 5.73 Å². The second kappa shape index (κ2) is 5.01. The smallest absolute Gasteiger partial charge is 0.0355 e. The zero-order valence-corrected chi connectivity index (χ0v) is 10.3. The Bertz CT molecular complexity index is 259. The molecule has 1 aliphatic carbocycles. The van der Waals surface area contributed by atoms with E-state index in [0.29, 0.717) is 5.41 Å². The van der Waals surface area contributed by atoms with Crippen LogP contribution in [-0.4, -0.2) is 18.6 Å². The lowest BCUT2D eigenvalue weighted by Gasteiger charge is -2.41. The van der Waals surface area contributed by atoms with Gasteiger partial charge in [-0.25, -0.2) is 0 Å². The number of rotatable bonds is 4. The summed E-state index contributed by atoms with van der Waals surface area (Å²) in [5, 5.41) is 3.64. The van der Waals surface area contributed by atoms with Gasteiger partial charge in [0.05, 0.1) is 0 Å². The zero-order chi connectivity index (χ0) is 11.4. The Morgan fingerprint density at radius 3 is 2.53 bits per heavy atom. The van der Waals surface area contributed by atoms with E-state index in [0.717, 1.165) is 19.5 Å². The minimum absolute atomic E-state index is 0.141. The largest absolute Gasteiger partial charge is 0.329 e. The average Bonchev–Trinajstić information content (AvgIpc) is 2.49. The van der Waals surface area contributed by atoms with Crippen molar-refractivity contribution in [1.82, 2.24) is 5.32 Å². The summed E-state index contributed by atoms with van der Waals surface area (Å²) in [6.45, 7) is 8.23. The lowest BCUT2D eigenvalue weighted by atomic mass is 9.75. The van der Waals surface area contributed by atoms with E-state index in [2.05, 4.69) is 31.0 Å². The molecule has 1 rings (SSSR count). The first kappa shape index (κ1) is 12.5. The molecule has 0 aromatic carbocycles. The van der Waals surface area contributed by atoms with E-state index in [1.54, 1.807) is 0 Å². The molecule has 0 radical (unpaired) electrons. The normalized spacial score (nSPS) is 28.5. The molecule has 2 heteroatoms. The van der Waals surface area contributed by atoms with Crippen molar-refractivity contribution in [3.05, 3.63) is 0 Å². The van der Waals surface area contributed by atoms with Crippen molar-refractivity contribution < 1.29 is 0 Å². The van der Waals surface area contributed by atoms with Gasteiger partial charge in [0.2, 0.25) is 0 Å². The molecule has 0 amide bonds. The second-order valence-corrected chi connectivity index (χ2v) is 5.13. The van der Waals surface area contributed by atoms with Gasteiger partial charge in [0.15, 0.2) is 0 Å². The first-order chi connectivity index (χ1) is 7.08. The fourth-order valence-corrected chi connectivity index (χ4v) is 2.68. The molecular weight excluding hydrogens is 184 g/mol. The summed E-state index contributed by atoms with van der Waals surface area (Å²) in [6.07, 6.45) is 4.69. The molecule has 0 aromatic heterocycles. The summed E-state index contributed by atoms with van der Waals surface area (Å²) in [7, 11) is 0. The van der Waals surface area contributed by atoms with E-state index >= 15 is 0 Å². The summed E-state index contributed by atoms with van der Waals surface area (Å²) in [5.41, 5.74) is 6.42. The molecule has 15 heavy (non-hydrogen) atoms. The summed E-state index contributed by atoms with van der Waals surface area (Å²) in [6, 6.07) is 0. The molecule has 3 N–H and O–H groups in total. The lowest BCUT2D eigenvalue weighted by Crippen LogP contribution is -2.58. The van der Waals surface area contributed by atoms with Crippen LogP contribution in [0.25, 0.3) is 0 Å². The van der Waals surface area contributed by atoms with Crippen LogP contribution in [0.1, 0.15) is 46.5 Å². The molecule has 1 aliphatic rings. The zero-order valence-electron chi connectivity index (χ0n) is 10.3. The van der Waals surface area contributed by atoms with Crippen molar-refractivity contribution in [1.29, 1.82) is 0 Å². The van der Waals surface area contributed by atoms with Crippen LogP contribution >= 0.6 is 0 Å². The Labute approximate surface area is 94.0 Å². The molecule has 1 fully saturated rings. The van der Waals surface area contributed by atoms with Crippen LogP contribution in [0.2, 0.25) is 0 Å². The minimum atomic E-state index is 0.141. The first-order valence-electron chi connectivity index (χ1n) is 5.93. The fraction of sp³-hybridized carbons (Fsp3) is 0.846. The van der Waals surface area contributed by atoms with E-state index in [1.807, 2.05) is 6.92 Å². The molecule has 0 heterocycles. The molecule has 0 bridgehead atoms. The van der Waals surface area contributed by atoms with Crippen LogP contribution in [0.3, 0.4) is 0 Å². The predicted molar refractivity (Wildman–Crippen MR) is 65.5 cm³/mol.